The minimum absolute atomic E-state index is 0.862. The average Bonchev–Trinajstić information content (AvgIpc) is 3.46. The van der Waals surface area contributed by atoms with E-state index in [0.717, 1.165) is 56.1 Å². The summed E-state index contributed by atoms with van der Waals surface area (Å²) in [5.41, 5.74) is 10.8. The van der Waals surface area contributed by atoms with Gasteiger partial charge < -0.3 is 14.2 Å². The Hall–Kier alpha value is -5.80. The van der Waals surface area contributed by atoms with E-state index in [-0.39, 0.29) is 0 Å². The molecule has 3 nitrogen and oxygen atoms in total. The number of hydrogen-bond acceptors (Lipinski definition) is 3. The molecule has 216 valence electrons. The smallest absolute Gasteiger partial charge is 0.138 e. The molecule has 1 heterocycles. The summed E-state index contributed by atoms with van der Waals surface area (Å²) in [6, 6.07) is 55.7. The molecule has 3 heteroatoms. The summed E-state index contributed by atoms with van der Waals surface area (Å²) >= 11 is 0. The second kappa shape index (κ2) is 11.0. The quantitative estimate of drug-likeness (QED) is 0.195. The fourth-order valence-corrected chi connectivity index (χ4v) is 6.55. The molecule has 0 N–H and O–H groups in total. The Bertz CT molecular complexity index is 2300. The van der Waals surface area contributed by atoms with Crippen LogP contribution in [0.3, 0.4) is 0 Å². The summed E-state index contributed by atoms with van der Waals surface area (Å²) in [5, 5.41) is 4.59. The first-order chi connectivity index (χ1) is 22.2. The minimum atomic E-state index is 0.862. The summed E-state index contributed by atoms with van der Waals surface area (Å²) in [6.45, 7) is 4.33. The van der Waals surface area contributed by atoms with Gasteiger partial charge in [-0.3, -0.25) is 0 Å². The molecule has 0 saturated carbocycles. The van der Waals surface area contributed by atoms with Crippen molar-refractivity contribution < 1.29 is 4.42 Å². The lowest BCUT2D eigenvalue weighted by Gasteiger charge is -2.28. The van der Waals surface area contributed by atoms with E-state index < -0.39 is 0 Å². The molecular weight excluding hydrogens is 548 g/mol. The maximum Gasteiger partial charge on any atom is 0.138 e. The molecule has 45 heavy (non-hydrogen) atoms. The van der Waals surface area contributed by atoms with Gasteiger partial charge >= 0.3 is 0 Å². The Balaban J connectivity index is 1.37. The first kappa shape index (κ1) is 26.8. The molecule has 0 atom stereocenters. The van der Waals surface area contributed by atoms with Crippen molar-refractivity contribution in [1.29, 1.82) is 0 Å². The molecule has 0 radical (unpaired) electrons. The van der Waals surface area contributed by atoms with Gasteiger partial charge in [0.25, 0.3) is 0 Å². The van der Waals surface area contributed by atoms with Crippen LogP contribution in [0.4, 0.5) is 34.1 Å². The highest BCUT2D eigenvalue weighted by Gasteiger charge is 2.22. The Labute approximate surface area is 263 Å². The SMILES string of the molecule is Cc1ccccc1N(c1ccccc1)c1ccc2c(c1)oc1cc(N(c3ccccc3)c3ccccc3C)c3ccccc3c12. The maximum atomic E-state index is 6.79. The molecule has 0 fully saturated rings. The van der Waals surface area contributed by atoms with Crippen molar-refractivity contribution >= 4 is 66.8 Å². The second-order valence-corrected chi connectivity index (χ2v) is 11.5. The number of nitrogens with zero attached hydrogens (tertiary/aromatic N) is 2. The third-order valence-electron chi connectivity index (χ3n) is 8.68. The van der Waals surface area contributed by atoms with Crippen LogP contribution >= 0.6 is 0 Å². The zero-order chi connectivity index (χ0) is 30.3. The fraction of sp³-hybridized carbons (Fsp3) is 0.0476. The predicted molar refractivity (Wildman–Crippen MR) is 190 cm³/mol. The lowest BCUT2D eigenvalue weighted by atomic mass is 10.00. The number of rotatable bonds is 6. The van der Waals surface area contributed by atoms with Crippen LogP contribution in [0.15, 0.2) is 162 Å². The van der Waals surface area contributed by atoms with E-state index in [1.807, 2.05) is 0 Å². The zero-order valence-corrected chi connectivity index (χ0v) is 25.3. The molecule has 0 bridgehead atoms. The molecular formula is C42H32N2O. The molecule has 0 saturated heterocycles. The Morgan fingerprint density at radius 2 is 0.911 bits per heavy atom. The van der Waals surface area contributed by atoms with Gasteiger partial charge in [0.15, 0.2) is 0 Å². The zero-order valence-electron chi connectivity index (χ0n) is 25.3. The average molecular weight is 581 g/mol. The highest BCUT2D eigenvalue weighted by Crippen LogP contribution is 2.46. The Kier molecular flexibility index (Phi) is 6.57. The van der Waals surface area contributed by atoms with Crippen LogP contribution in [0.25, 0.3) is 32.7 Å². The monoisotopic (exact) mass is 580 g/mol. The third-order valence-corrected chi connectivity index (χ3v) is 8.68. The van der Waals surface area contributed by atoms with E-state index in [2.05, 4.69) is 181 Å². The van der Waals surface area contributed by atoms with Crippen LogP contribution in [0.5, 0.6) is 0 Å². The van der Waals surface area contributed by atoms with Crippen molar-refractivity contribution in [1.82, 2.24) is 0 Å². The molecule has 0 amide bonds. The van der Waals surface area contributed by atoms with Crippen LogP contribution in [0.1, 0.15) is 11.1 Å². The molecule has 8 aromatic rings. The number of furan rings is 1. The van der Waals surface area contributed by atoms with E-state index >= 15 is 0 Å². The van der Waals surface area contributed by atoms with Gasteiger partial charge in [0, 0.05) is 56.7 Å². The molecule has 0 spiro atoms. The first-order valence-corrected chi connectivity index (χ1v) is 15.4. The lowest BCUT2D eigenvalue weighted by Crippen LogP contribution is -2.11. The summed E-state index contributed by atoms with van der Waals surface area (Å²) in [6.07, 6.45) is 0. The van der Waals surface area contributed by atoms with Gasteiger partial charge in [0.1, 0.15) is 11.2 Å². The van der Waals surface area contributed by atoms with Crippen molar-refractivity contribution in [2.45, 2.75) is 13.8 Å². The standard InChI is InChI=1S/C42H32N2O/c1-29-15-9-13-23-37(29)43(31-17-5-3-6-18-31)33-25-26-36-40(27-33)45-41-28-39(34-21-11-12-22-35(34)42(36)41)44(32-19-7-4-8-20-32)38-24-14-10-16-30(38)2/h3-28H,1-2H3. The van der Waals surface area contributed by atoms with Crippen LogP contribution in [0, 0.1) is 13.8 Å². The first-order valence-electron chi connectivity index (χ1n) is 15.4. The van der Waals surface area contributed by atoms with Crippen molar-refractivity contribution in [3.63, 3.8) is 0 Å². The Morgan fingerprint density at radius 3 is 1.56 bits per heavy atom. The van der Waals surface area contributed by atoms with E-state index in [9.17, 15) is 0 Å². The van der Waals surface area contributed by atoms with E-state index in [4.69, 9.17) is 4.42 Å². The largest absolute Gasteiger partial charge is 0.456 e. The van der Waals surface area contributed by atoms with Crippen LogP contribution in [-0.2, 0) is 0 Å². The number of para-hydroxylation sites is 4. The predicted octanol–water partition coefficient (Wildman–Crippen LogP) is 12.3. The molecule has 0 aliphatic rings. The summed E-state index contributed by atoms with van der Waals surface area (Å²) in [5.74, 6) is 0. The fourth-order valence-electron chi connectivity index (χ4n) is 6.55. The number of anilines is 6. The van der Waals surface area contributed by atoms with Crippen molar-refractivity contribution in [3.05, 3.63) is 169 Å². The molecule has 8 rings (SSSR count). The van der Waals surface area contributed by atoms with Gasteiger partial charge in [-0.2, -0.15) is 0 Å². The minimum Gasteiger partial charge on any atom is -0.456 e. The lowest BCUT2D eigenvalue weighted by molar-refractivity contribution is 0.669. The van der Waals surface area contributed by atoms with Gasteiger partial charge in [-0.1, -0.05) is 97.1 Å². The molecule has 0 aliphatic carbocycles. The molecule has 7 aromatic carbocycles. The highest BCUT2D eigenvalue weighted by atomic mass is 16.3. The Morgan fingerprint density at radius 1 is 0.378 bits per heavy atom. The van der Waals surface area contributed by atoms with Crippen molar-refractivity contribution in [3.8, 4) is 0 Å². The number of hydrogen-bond donors (Lipinski definition) is 0. The normalized spacial score (nSPS) is 11.3. The number of fused-ring (bicyclic) bond motifs is 5. The summed E-state index contributed by atoms with van der Waals surface area (Å²) < 4.78 is 6.79. The van der Waals surface area contributed by atoms with Gasteiger partial charge in [-0.05, 0) is 78.9 Å². The van der Waals surface area contributed by atoms with Gasteiger partial charge in [0.2, 0.25) is 0 Å². The molecule has 0 unspecified atom stereocenters. The van der Waals surface area contributed by atoms with E-state index in [1.165, 1.54) is 21.9 Å². The van der Waals surface area contributed by atoms with Crippen molar-refractivity contribution in [2.24, 2.45) is 0 Å². The molecule has 1 aromatic heterocycles. The van der Waals surface area contributed by atoms with Gasteiger partial charge in [-0.25, -0.2) is 0 Å². The number of aryl methyl sites for hydroxylation is 2. The second-order valence-electron chi connectivity index (χ2n) is 11.5. The maximum absolute atomic E-state index is 6.79. The van der Waals surface area contributed by atoms with Crippen LogP contribution < -0.4 is 9.80 Å². The van der Waals surface area contributed by atoms with Gasteiger partial charge in [0.05, 0.1) is 5.69 Å². The van der Waals surface area contributed by atoms with E-state index in [1.54, 1.807) is 0 Å². The van der Waals surface area contributed by atoms with E-state index in [0.29, 0.717) is 0 Å². The number of benzene rings is 7. The van der Waals surface area contributed by atoms with Crippen molar-refractivity contribution in [2.75, 3.05) is 9.80 Å². The van der Waals surface area contributed by atoms with Crippen LogP contribution in [-0.4, -0.2) is 0 Å². The molecule has 0 aliphatic heterocycles. The summed E-state index contributed by atoms with van der Waals surface area (Å²) in [7, 11) is 0. The summed E-state index contributed by atoms with van der Waals surface area (Å²) in [4.78, 5) is 4.66. The third kappa shape index (κ3) is 4.61. The van der Waals surface area contributed by atoms with Crippen LogP contribution in [0.2, 0.25) is 0 Å². The van der Waals surface area contributed by atoms with Gasteiger partial charge in [-0.15, -0.1) is 0 Å². The topological polar surface area (TPSA) is 19.6 Å². The highest BCUT2D eigenvalue weighted by molar-refractivity contribution is 6.22.